The van der Waals surface area contributed by atoms with Crippen LogP contribution in [0.1, 0.15) is 23.7 Å². The molecule has 21 heavy (non-hydrogen) atoms. The minimum Gasteiger partial charge on any atom is -0.322 e. The van der Waals surface area contributed by atoms with Crippen LogP contribution in [0.25, 0.3) is 11.0 Å². The van der Waals surface area contributed by atoms with E-state index in [1.54, 1.807) is 18.5 Å². The summed E-state index contributed by atoms with van der Waals surface area (Å²) in [6.45, 7) is 2.43. The molecule has 0 aliphatic rings. The lowest BCUT2D eigenvalue weighted by atomic mass is 10.2. The van der Waals surface area contributed by atoms with Gasteiger partial charge in [-0.25, -0.2) is 9.37 Å². The topological polar surface area (TPSA) is 30.7 Å². The molecule has 0 bridgehead atoms. The van der Waals surface area contributed by atoms with E-state index >= 15 is 0 Å². The summed E-state index contributed by atoms with van der Waals surface area (Å²) in [5.74, 6) is 0.410. The van der Waals surface area contributed by atoms with Crippen LogP contribution in [0.15, 0.2) is 41.1 Å². The number of benzene rings is 1. The van der Waals surface area contributed by atoms with E-state index in [9.17, 15) is 4.39 Å². The predicted molar refractivity (Wildman–Crippen MR) is 85.0 cm³/mol. The van der Waals surface area contributed by atoms with E-state index < -0.39 is 0 Å². The molecule has 3 aromatic rings. The standard InChI is InChI=1S/C15H12BrClFN3/c1-9(17)15-20-13-6-11(16)12(18)7-14(13)21(15)8-10-2-4-19-5-3-10/h2-7,9H,8H2,1H3. The van der Waals surface area contributed by atoms with Crippen molar-refractivity contribution >= 4 is 38.6 Å². The molecule has 0 N–H and O–H groups in total. The summed E-state index contributed by atoms with van der Waals surface area (Å²) in [5, 5.41) is -0.263. The molecule has 0 saturated carbocycles. The maximum atomic E-state index is 13.8. The maximum absolute atomic E-state index is 13.8. The third kappa shape index (κ3) is 2.80. The Bertz CT molecular complexity index is 786. The Kier molecular flexibility index (Phi) is 3.95. The van der Waals surface area contributed by atoms with Gasteiger partial charge in [-0.2, -0.15) is 0 Å². The largest absolute Gasteiger partial charge is 0.322 e. The van der Waals surface area contributed by atoms with Crippen molar-refractivity contribution in [2.45, 2.75) is 18.8 Å². The monoisotopic (exact) mass is 367 g/mol. The molecule has 1 atom stereocenters. The third-order valence-corrected chi connectivity index (χ3v) is 4.07. The summed E-state index contributed by atoms with van der Waals surface area (Å²) >= 11 is 9.41. The van der Waals surface area contributed by atoms with Gasteiger partial charge in [0.1, 0.15) is 11.6 Å². The molecule has 3 rings (SSSR count). The van der Waals surface area contributed by atoms with Crippen LogP contribution in [0.4, 0.5) is 4.39 Å². The van der Waals surface area contributed by atoms with Crippen molar-refractivity contribution in [2.24, 2.45) is 0 Å². The molecule has 0 fully saturated rings. The van der Waals surface area contributed by atoms with E-state index in [1.807, 2.05) is 23.6 Å². The van der Waals surface area contributed by atoms with Crippen molar-refractivity contribution in [1.29, 1.82) is 0 Å². The van der Waals surface area contributed by atoms with Gasteiger partial charge in [-0.3, -0.25) is 4.98 Å². The first-order chi connectivity index (χ1) is 10.1. The summed E-state index contributed by atoms with van der Waals surface area (Å²) in [6, 6.07) is 7.00. The van der Waals surface area contributed by atoms with Gasteiger partial charge in [-0.15, -0.1) is 11.6 Å². The Morgan fingerprint density at radius 1 is 1.33 bits per heavy atom. The van der Waals surface area contributed by atoms with Gasteiger partial charge in [0.25, 0.3) is 0 Å². The number of alkyl halides is 1. The fourth-order valence-electron chi connectivity index (χ4n) is 2.28. The van der Waals surface area contributed by atoms with E-state index in [0.29, 0.717) is 11.0 Å². The van der Waals surface area contributed by atoms with Crippen molar-refractivity contribution in [1.82, 2.24) is 14.5 Å². The number of fused-ring (bicyclic) bond motifs is 1. The first-order valence-corrected chi connectivity index (χ1v) is 7.67. The zero-order valence-electron chi connectivity index (χ0n) is 11.2. The molecule has 3 nitrogen and oxygen atoms in total. The number of hydrogen-bond donors (Lipinski definition) is 0. The van der Waals surface area contributed by atoms with E-state index in [4.69, 9.17) is 11.6 Å². The SMILES string of the molecule is CC(Cl)c1nc2cc(Br)c(F)cc2n1Cc1ccncc1. The molecule has 2 heterocycles. The Labute approximate surface area is 134 Å². The summed E-state index contributed by atoms with van der Waals surface area (Å²) in [5.41, 5.74) is 2.51. The van der Waals surface area contributed by atoms with E-state index in [2.05, 4.69) is 25.9 Å². The van der Waals surface area contributed by atoms with Crippen LogP contribution in [0.3, 0.4) is 0 Å². The van der Waals surface area contributed by atoms with Crippen LogP contribution >= 0.6 is 27.5 Å². The van der Waals surface area contributed by atoms with Crippen LogP contribution in [-0.2, 0) is 6.54 Å². The maximum Gasteiger partial charge on any atom is 0.139 e. The van der Waals surface area contributed by atoms with Crippen LogP contribution in [0, 0.1) is 5.82 Å². The predicted octanol–water partition coefficient (Wildman–Crippen LogP) is 4.68. The van der Waals surface area contributed by atoms with E-state index in [-0.39, 0.29) is 11.2 Å². The average Bonchev–Trinajstić information content (AvgIpc) is 2.79. The second-order valence-electron chi connectivity index (χ2n) is 4.78. The smallest absolute Gasteiger partial charge is 0.139 e. The molecule has 0 saturated heterocycles. The fourth-order valence-corrected chi connectivity index (χ4v) is 2.78. The van der Waals surface area contributed by atoms with Crippen LogP contribution < -0.4 is 0 Å². The average molecular weight is 369 g/mol. The number of hydrogen-bond acceptors (Lipinski definition) is 2. The Morgan fingerprint density at radius 2 is 2.05 bits per heavy atom. The minimum atomic E-state index is -0.313. The number of rotatable bonds is 3. The summed E-state index contributed by atoms with van der Waals surface area (Å²) in [4.78, 5) is 8.53. The van der Waals surface area contributed by atoms with Gasteiger partial charge in [0, 0.05) is 25.0 Å². The molecule has 0 spiro atoms. The molecule has 0 aliphatic carbocycles. The zero-order chi connectivity index (χ0) is 15.0. The summed E-state index contributed by atoms with van der Waals surface area (Å²) < 4.78 is 16.2. The lowest BCUT2D eigenvalue weighted by Crippen LogP contribution is -2.06. The number of halogens is 3. The second kappa shape index (κ2) is 5.73. The quantitative estimate of drug-likeness (QED) is 0.628. The van der Waals surface area contributed by atoms with Crippen LogP contribution in [-0.4, -0.2) is 14.5 Å². The van der Waals surface area contributed by atoms with Crippen molar-refractivity contribution in [2.75, 3.05) is 0 Å². The molecule has 0 radical (unpaired) electrons. The third-order valence-electron chi connectivity index (χ3n) is 3.27. The molecule has 1 unspecified atom stereocenters. The number of aromatic nitrogens is 3. The molecule has 1 aromatic carbocycles. The molecule has 108 valence electrons. The molecular formula is C15H12BrClFN3. The Balaban J connectivity index is 2.18. The minimum absolute atomic E-state index is 0.263. The highest BCUT2D eigenvalue weighted by Gasteiger charge is 2.17. The first kappa shape index (κ1) is 14.5. The lowest BCUT2D eigenvalue weighted by molar-refractivity contribution is 0.621. The zero-order valence-corrected chi connectivity index (χ0v) is 13.6. The number of nitrogens with zero attached hydrogens (tertiary/aromatic N) is 3. The summed E-state index contributed by atoms with van der Waals surface area (Å²) in [6.07, 6.45) is 3.46. The highest BCUT2D eigenvalue weighted by atomic mass is 79.9. The van der Waals surface area contributed by atoms with Gasteiger partial charge < -0.3 is 4.57 Å². The van der Waals surface area contributed by atoms with Gasteiger partial charge in [-0.05, 0) is 46.6 Å². The molecule has 2 aromatic heterocycles. The number of imidazole rings is 1. The molecular weight excluding hydrogens is 357 g/mol. The van der Waals surface area contributed by atoms with Gasteiger partial charge >= 0.3 is 0 Å². The Morgan fingerprint density at radius 3 is 2.71 bits per heavy atom. The normalized spacial score (nSPS) is 12.8. The molecule has 0 amide bonds. The van der Waals surface area contributed by atoms with Gasteiger partial charge in [0.05, 0.1) is 20.9 Å². The van der Waals surface area contributed by atoms with Crippen molar-refractivity contribution in [3.63, 3.8) is 0 Å². The lowest BCUT2D eigenvalue weighted by Gasteiger charge is -2.10. The van der Waals surface area contributed by atoms with E-state index in [0.717, 1.165) is 22.4 Å². The number of pyridine rings is 1. The Hall–Kier alpha value is -1.46. The van der Waals surface area contributed by atoms with E-state index in [1.165, 1.54) is 6.07 Å². The van der Waals surface area contributed by atoms with Crippen LogP contribution in [0.2, 0.25) is 0 Å². The van der Waals surface area contributed by atoms with Crippen molar-refractivity contribution in [3.05, 3.63) is 58.3 Å². The first-order valence-electron chi connectivity index (χ1n) is 6.44. The van der Waals surface area contributed by atoms with Gasteiger partial charge in [0.2, 0.25) is 0 Å². The molecule has 0 aliphatic heterocycles. The highest BCUT2D eigenvalue weighted by Crippen LogP contribution is 2.29. The van der Waals surface area contributed by atoms with Crippen LogP contribution in [0.5, 0.6) is 0 Å². The summed E-state index contributed by atoms with van der Waals surface area (Å²) in [7, 11) is 0. The highest BCUT2D eigenvalue weighted by molar-refractivity contribution is 9.10. The van der Waals surface area contributed by atoms with Crippen molar-refractivity contribution < 1.29 is 4.39 Å². The fraction of sp³-hybridized carbons (Fsp3) is 0.200. The van der Waals surface area contributed by atoms with Crippen molar-refractivity contribution in [3.8, 4) is 0 Å². The second-order valence-corrected chi connectivity index (χ2v) is 6.29. The van der Waals surface area contributed by atoms with Gasteiger partial charge in [0.15, 0.2) is 0 Å². The van der Waals surface area contributed by atoms with Gasteiger partial charge in [-0.1, -0.05) is 0 Å². The molecule has 6 heteroatoms.